The average molecular weight is 581 g/mol. The number of ether oxygens (including phenoxy) is 2. The van der Waals surface area contributed by atoms with E-state index in [0.29, 0.717) is 37.9 Å². The molecule has 1 atom stereocenters. The Kier molecular flexibility index (Phi) is 8.98. The van der Waals surface area contributed by atoms with Crippen LogP contribution in [0.4, 0.5) is 10.5 Å². The third-order valence-corrected chi connectivity index (χ3v) is 6.50. The lowest BCUT2D eigenvalue weighted by Gasteiger charge is -2.19. The number of aromatic nitrogens is 1. The number of carbonyl (C=O) groups is 3. The van der Waals surface area contributed by atoms with Crippen molar-refractivity contribution in [2.24, 2.45) is 5.73 Å². The van der Waals surface area contributed by atoms with E-state index in [1.807, 2.05) is 12.1 Å². The molecule has 0 aliphatic rings. The number of fused-ring (bicyclic) bond motifs is 1. The van der Waals surface area contributed by atoms with Crippen molar-refractivity contribution in [1.29, 1.82) is 0 Å². The number of amides is 3. The fourth-order valence-corrected chi connectivity index (χ4v) is 4.80. The van der Waals surface area contributed by atoms with Crippen molar-refractivity contribution in [3.05, 3.63) is 99.2 Å². The van der Waals surface area contributed by atoms with Gasteiger partial charge in [0.05, 0.1) is 24.8 Å². The van der Waals surface area contributed by atoms with E-state index in [9.17, 15) is 14.4 Å². The molecule has 0 bridgehead atoms. The van der Waals surface area contributed by atoms with E-state index in [4.69, 9.17) is 38.4 Å². The molecule has 1 unspecified atom stereocenters. The standard InChI is InChI=1S/C29H26Cl2N4O5/c1-3-40-28(37)27-21(25-22(31)14-18(30)15-23(25)34-27)12-13-24(36)33-19-8-4-16(5-9-19)26(35-29(32)38)17-6-10-20(39-2)11-7-17/h4-15,26,34H,3H2,1-2H3,(H,33,36)(H3,32,35,38)/b13-12+. The third kappa shape index (κ3) is 6.56. The number of benzene rings is 3. The second-order valence-electron chi connectivity index (χ2n) is 8.60. The molecule has 5 N–H and O–H groups in total. The molecule has 4 rings (SSSR count). The number of H-pyrrole nitrogens is 1. The molecule has 3 amide bonds. The molecular weight excluding hydrogens is 555 g/mol. The summed E-state index contributed by atoms with van der Waals surface area (Å²) in [4.78, 5) is 40.0. The van der Waals surface area contributed by atoms with Gasteiger partial charge in [-0.1, -0.05) is 47.5 Å². The number of nitrogens with one attached hydrogen (secondary N) is 3. The minimum atomic E-state index is -0.676. The number of nitrogens with two attached hydrogens (primary N) is 1. The monoisotopic (exact) mass is 580 g/mol. The van der Waals surface area contributed by atoms with E-state index in [-0.39, 0.29) is 12.3 Å². The second-order valence-corrected chi connectivity index (χ2v) is 9.45. The van der Waals surface area contributed by atoms with Crippen LogP contribution in [0.5, 0.6) is 5.75 Å². The fraction of sp³-hybridized carbons (Fsp3) is 0.138. The number of esters is 1. The van der Waals surface area contributed by atoms with Crippen LogP contribution < -0.4 is 21.1 Å². The van der Waals surface area contributed by atoms with Gasteiger partial charge in [-0.3, -0.25) is 4.79 Å². The highest BCUT2D eigenvalue weighted by Gasteiger charge is 2.20. The van der Waals surface area contributed by atoms with Crippen LogP contribution in [0.3, 0.4) is 0 Å². The quantitative estimate of drug-likeness (QED) is 0.141. The number of hydrogen-bond donors (Lipinski definition) is 4. The lowest BCUT2D eigenvalue weighted by Crippen LogP contribution is -2.33. The molecule has 1 heterocycles. The number of rotatable bonds is 9. The molecule has 3 aromatic carbocycles. The Morgan fingerprint density at radius 1 is 1.02 bits per heavy atom. The van der Waals surface area contributed by atoms with Crippen LogP contribution in [0.15, 0.2) is 66.7 Å². The zero-order valence-electron chi connectivity index (χ0n) is 21.6. The summed E-state index contributed by atoms with van der Waals surface area (Å²) < 4.78 is 10.3. The second kappa shape index (κ2) is 12.6. The Hall–Kier alpha value is -4.47. The van der Waals surface area contributed by atoms with Gasteiger partial charge in [0.25, 0.3) is 0 Å². The van der Waals surface area contributed by atoms with Crippen molar-refractivity contribution in [1.82, 2.24) is 10.3 Å². The van der Waals surface area contributed by atoms with Gasteiger partial charge in [0.2, 0.25) is 5.91 Å². The van der Waals surface area contributed by atoms with Crippen LogP contribution in [-0.2, 0) is 9.53 Å². The van der Waals surface area contributed by atoms with Crippen molar-refractivity contribution in [3.8, 4) is 5.75 Å². The normalized spacial score (nSPS) is 11.8. The molecule has 1 aromatic heterocycles. The summed E-state index contributed by atoms with van der Waals surface area (Å²) in [5.41, 5.74) is 8.57. The number of methoxy groups -OCH3 is 1. The molecule has 40 heavy (non-hydrogen) atoms. The maximum absolute atomic E-state index is 12.8. The number of anilines is 1. The minimum absolute atomic E-state index is 0.154. The number of carbonyl (C=O) groups excluding carboxylic acids is 3. The third-order valence-electron chi connectivity index (χ3n) is 5.98. The molecule has 0 saturated heterocycles. The Balaban J connectivity index is 1.55. The molecule has 0 fully saturated rings. The van der Waals surface area contributed by atoms with E-state index < -0.39 is 23.9 Å². The number of hydrogen-bond acceptors (Lipinski definition) is 5. The lowest BCUT2D eigenvalue weighted by atomic mass is 9.98. The molecular formula is C29H26Cl2N4O5. The van der Waals surface area contributed by atoms with Crippen LogP contribution in [0.1, 0.15) is 40.1 Å². The Morgan fingerprint density at radius 3 is 2.27 bits per heavy atom. The number of primary amides is 1. The van der Waals surface area contributed by atoms with Gasteiger partial charge in [-0.2, -0.15) is 0 Å². The SMILES string of the molecule is CCOC(=O)c1[nH]c2cc(Cl)cc(Cl)c2c1/C=C/C(=O)Nc1ccc(C(NC(N)=O)c2ccc(OC)cc2)cc1. The predicted octanol–water partition coefficient (Wildman–Crippen LogP) is 6.07. The summed E-state index contributed by atoms with van der Waals surface area (Å²) in [6.07, 6.45) is 2.78. The maximum atomic E-state index is 12.8. The molecule has 4 aromatic rings. The zero-order chi connectivity index (χ0) is 28.8. The molecule has 0 aliphatic carbocycles. The van der Waals surface area contributed by atoms with Crippen LogP contribution in [-0.4, -0.2) is 36.6 Å². The predicted molar refractivity (Wildman–Crippen MR) is 156 cm³/mol. The molecule has 206 valence electrons. The number of urea groups is 1. The molecule has 0 saturated carbocycles. The van der Waals surface area contributed by atoms with Crippen molar-refractivity contribution >= 4 is 63.8 Å². The Bertz CT molecular complexity index is 1580. The van der Waals surface area contributed by atoms with Gasteiger partial charge in [-0.15, -0.1) is 0 Å². The summed E-state index contributed by atoms with van der Waals surface area (Å²) in [6.45, 7) is 1.87. The van der Waals surface area contributed by atoms with E-state index in [1.54, 1.807) is 62.6 Å². The fourth-order valence-electron chi connectivity index (χ4n) is 4.20. The summed E-state index contributed by atoms with van der Waals surface area (Å²) in [5.74, 6) is -0.345. The number of halogens is 2. The van der Waals surface area contributed by atoms with Gasteiger partial charge in [0, 0.05) is 33.3 Å². The summed E-state index contributed by atoms with van der Waals surface area (Å²) in [7, 11) is 1.57. The van der Waals surface area contributed by atoms with Crippen molar-refractivity contribution in [2.45, 2.75) is 13.0 Å². The molecule has 0 aliphatic heterocycles. The van der Waals surface area contributed by atoms with Crippen molar-refractivity contribution < 1.29 is 23.9 Å². The molecule has 0 spiro atoms. The topological polar surface area (TPSA) is 136 Å². The first kappa shape index (κ1) is 28.5. The van der Waals surface area contributed by atoms with Gasteiger partial charge in [0.15, 0.2) is 0 Å². The van der Waals surface area contributed by atoms with Gasteiger partial charge in [-0.05, 0) is 60.5 Å². The van der Waals surface area contributed by atoms with E-state index in [2.05, 4.69) is 15.6 Å². The van der Waals surface area contributed by atoms with E-state index >= 15 is 0 Å². The first-order valence-corrected chi connectivity index (χ1v) is 12.9. The first-order valence-electron chi connectivity index (χ1n) is 12.2. The highest BCUT2D eigenvalue weighted by Crippen LogP contribution is 2.34. The summed E-state index contributed by atoms with van der Waals surface area (Å²) >= 11 is 12.5. The van der Waals surface area contributed by atoms with Crippen molar-refractivity contribution in [2.75, 3.05) is 19.0 Å². The first-order chi connectivity index (χ1) is 19.2. The summed E-state index contributed by atoms with van der Waals surface area (Å²) in [6, 6.07) is 16.2. The van der Waals surface area contributed by atoms with Gasteiger partial charge in [0.1, 0.15) is 11.4 Å². The zero-order valence-corrected chi connectivity index (χ0v) is 23.1. The lowest BCUT2D eigenvalue weighted by molar-refractivity contribution is -0.111. The van der Waals surface area contributed by atoms with Gasteiger partial charge < -0.3 is 30.8 Å². The van der Waals surface area contributed by atoms with E-state index in [0.717, 1.165) is 11.1 Å². The largest absolute Gasteiger partial charge is 0.497 e. The van der Waals surface area contributed by atoms with Crippen LogP contribution in [0, 0.1) is 0 Å². The highest BCUT2D eigenvalue weighted by molar-refractivity contribution is 6.39. The molecule has 11 heteroatoms. The highest BCUT2D eigenvalue weighted by atomic mass is 35.5. The average Bonchev–Trinajstić information content (AvgIpc) is 3.30. The molecule has 9 nitrogen and oxygen atoms in total. The van der Waals surface area contributed by atoms with Crippen molar-refractivity contribution in [3.63, 3.8) is 0 Å². The smallest absolute Gasteiger partial charge is 0.355 e. The Labute approximate surface area is 240 Å². The Morgan fingerprint density at radius 2 is 1.68 bits per heavy atom. The number of aromatic amines is 1. The maximum Gasteiger partial charge on any atom is 0.355 e. The van der Waals surface area contributed by atoms with Crippen LogP contribution in [0.2, 0.25) is 10.0 Å². The van der Waals surface area contributed by atoms with Gasteiger partial charge in [-0.25, -0.2) is 9.59 Å². The van der Waals surface area contributed by atoms with Crippen LogP contribution in [0.25, 0.3) is 17.0 Å². The van der Waals surface area contributed by atoms with E-state index in [1.165, 1.54) is 12.2 Å². The minimum Gasteiger partial charge on any atom is -0.497 e. The summed E-state index contributed by atoms with van der Waals surface area (Å²) in [5, 5.41) is 6.76. The van der Waals surface area contributed by atoms with Crippen LogP contribution >= 0.6 is 23.2 Å². The molecule has 0 radical (unpaired) electrons. The van der Waals surface area contributed by atoms with Gasteiger partial charge >= 0.3 is 12.0 Å².